The molecule has 2 heterocycles. The predicted molar refractivity (Wildman–Crippen MR) is 112 cm³/mol. The Morgan fingerprint density at radius 3 is 2.87 bits per heavy atom. The van der Waals surface area contributed by atoms with Crippen LogP contribution in [0.3, 0.4) is 0 Å². The molecule has 0 spiro atoms. The van der Waals surface area contributed by atoms with Crippen molar-refractivity contribution in [2.75, 3.05) is 20.8 Å². The minimum Gasteiger partial charge on any atom is -0.497 e. The third kappa shape index (κ3) is 5.00. The Hall–Kier alpha value is -2.85. The van der Waals surface area contributed by atoms with Crippen molar-refractivity contribution in [3.8, 4) is 23.5 Å². The molecule has 4 rings (SSSR count). The van der Waals surface area contributed by atoms with Gasteiger partial charge in [0.2, 0.25) is 5.88 Å². The second-order valence-corrected chi connectivity index (χ2v) is 7.83. The predicted octanol–water partition coefficient (Wildman–Crippen LogP) is 2.85. The molecule has 158 valence electrons. The van der Waals surface area contributed by atoms with Crippen molar-refractivity contribution in [1.82, 2.24) is 15.3 Å². The Kier molecular flexibility index (Phi) is 6.34. The van der Waals surface area contributed by atoms with Crippen LogP contribution in [0, 0.1) is 17.8 Å². The fourth-order valence-corrected chi connectivity index (χ4v) is 3.61. The van der Waals surface area contributed by atoms with Crippen molar-refractivity contribution in [1.29, 1.82) is 0 Å². The molecule has 2 atom stereocenters. The highest BCUT2D eigenvalue weighted by atomic mass is 16.5. The van der Waals surface area contributed by atoms with Crippen molar-refractivity contribution >= 4 is 17.0 Å². The van der Waals surface area contributed by atoms with E-state index in [-0.39, 0.29) is 18.1 Å². The number of nitrogens with zero attached hydrogens (tertiary/aromatic N) is 2. The lowest BCUT2D eigenvalue weighted by Crippen LogP contribution is -2.31. The number of hydrogen-bond donors (Lipinski definition) is 1. The van der Waals surface area contributed by atoms with Gasteiger partial charge in [-0.25, -0.2) is 9.97 Å². The van der Waals surface area contributed by atoms with Gasteiger partial charge < -0.3 is 19.5 Å². The fraction of sp³-hybridized carbons (Fsp3) is 0.522. The number of rotatable bonds is 7. The normalized spacial score (nSPS) is 20.5. The van der Waals surface area contributed by atoms with E-state index in [4.69, 9.17) is 14.2 Å². The van der Waals surface area contributed by atoms with Crippen LogP contribution >= 0.6 is 0 Å². The maximum Gasteiger partial charge on any atom is 0.323 e. The third-order valence-corrected chi connectivity index (χ3v) is 5.51. The van der Waals surface area contributed by atoms with Crippen LogP contribution in [0.2, 0.25) is 0 Å². The average Bonchev–Trinajstić information content (AvgIpc) is 3.48. The summed E-state index contributed by atoms with van der Waals surface area (Å²) in [5.41, 5.74) is 1.95. The van der Waals surface area contributed by atoms with E-state index in [0.717, 1.165) is 24.3 Å². The van der Waals surface area contributed by atoms with Crippen LogP contribution in [0.25, 0.3) is 11.0 Å². The number of fused-ring (bicyclic) bond motifs is 1. The Morgan fingerprint density at radius 1 is 1.23 bits per heavy atom. The second-order valence-electron chi connectivity index (χ2n) is 7.83. The molecule has 30 heavy (non-hydrogen) atoms. The maximum atomic E-state index is 11.8. The summed E-state index contributed by atoms with van der Waals surface area (Å²) in [4.78, 5) is 21.1. The highest BCUT2D eigenvalue weighted by Crippen LogP contribution is 2.33. The van der Waals surface area contributed by atoms with Gasteiger partial charge in [-0.3, -0.25) is 4.79 Å². The number of benzene rings is 1. The average molecular weight is 409 g/mol. The maximum absolute atomic E-state index is 11.8. The van der Waals surface area contributed by atoms with Crippen LogP contribution in [-0.4, -0.2) is 48.8 Å². The molecule has 1 unspecified atom stereocenters. The molecule has 2 aromatic rings. The van der Waals surface area contributed by atoms with Gasteiger partial charge >= 0.3 is 5.97 Å². The first-order chi connectivity index (χ1) is 14.7. The van der Waals surface area contributed by atoms with Gasteiger partial charge in [0.15, 0.2) is 5.69 Å². The number of ether oxygens (including phenoxy) is 3. The lowest BCUT2D eigenvalue weighted by Gasteiger charge is -2.14. The largest absolute Gasteiger partial charge is 0.497 e. The molecule has 0 bridgehead atoms. The molecule has 1 aromatic carbocycles. The lowest BCUT2D eigenvalue weighted by molar-refractivity contribution is -0.142. The minimum atomic E-state index is -0.370. The zero-order valence-electron chi connectivity index (χ0n) is 17.4. The standard InChI is InChI=1S/C23H27N3O4/c1-28-16-10-11-18-20(12-16)26-22(30-17-13-21(24-14-17)23(27)29-2)19(25-18)7-5-3-4-6-15-8-9-15/h10-12,15,17,21,24H,3-4,6,8-9,13-14H2,1-2H3/t17-,21?/m1/s1. The molecule has 0 radical (unpaired) electrons. The lowest BCUT2D eigenvalue weighted by atomic mass is 10.2. The van der Waals surface area contributed by atoms with Crippen LogP contribution in [-0.2, 0) is 9.53 Å². The smallest absolute Gasteiger partial charge is 0.323 e. The number of nitrogens with one attached hydrogen (secondary N) is 1. The van der Waals surface area contributed by atoms with Crippen molar-refractivity contribution in [2.24, 2.45) is 5.92 Å². The number of hydrogen-bond acceptors (Lipinski definition) is 7. The number of carbonyl (C=O) groups excluding carboxylic acids is 1. The second kappa shape index (κ2) is 9.31. The molecule has 1 saturated heterocycles. The zero-order chi connectivity index (χ0) is 20.9. The summed E-state index contributed by atoms with van der Waals surface area (Å²) in [5, 5.41) is 3.13. The molecular formula is C23H27N3O4. The van der Waals surface area contributed by atoms with Crippen LogP contribution in [0.5, 0.6) is 11.6 Å². The van der Waals surface area contributed by atoms with Crippen molar-refractivity contribution < 1.29 is 19.0 Å². The molecule has 7 heteroatoms. The van der Waals surface area contributed by atoms with E-state index in [1.54, 1.807) is 7.11 Å². The van der Waals surface area contributed by atoms with Crippen molar-refractivity contribution in [3.05, 3.63) is 23.9 Å². The highest BCUT2D eigenvalue weighted by molar-refractivity contribution is 5.77. The van der Waals surface area contributed by atoms with E-state index in [9.17, 15) is 4.79 Å². The molecule has 1 aromatic heterocycles. The summed E-state index contributed by atoms with van der Waals surface area (Å²) in [7, 11) is 3.00. The number of carbonyl (C=O) groups is 1. The van der Waals surface area contributed by atoms with Gasteiger partial charge in [0, 0.05) is 25.5 Å². The number of unbranched alkanes of at least 4 members (excludes halogenated alkanes) is 1. The zero-order valence-corrected chi connectivity index (χ0v) is 17.4. The molecular weight excluding hydrogens is 382 g/mol. The minimum absolute atomic E-state index is 0.207. The molecule has 7 nitrogen and oxygen atoms in total. The third-order valence-electron chi connectivity index (χ3n) is 5.51. The number of methoxy groups -OCH3 is 2. The van der Waals surface area contributed by atoms with Crippen LogP contribution in [0.4, 0.5) is 0 Å². The molecule has 1 aliphatic heterocycles. The van der Waals surface area contributed by atoms with Crippen LogP contribution in [0.1, 0.15) is 44.2 Å². The van der Waals surface area contributed by atoms with Gasteiger partial charge in [0.25, 0.3) is 0 Å². The molecule has 2 fully saturated rings. The Labute approximate surface area is 176 Å². The van der Waals surface area contributed by atoms with Gasteiger partial charge in [-0.1, -0.05) is 18.8 Å². The Bertz CT molecular complexity index is 978. The summed E-state index contributed by atoms with van der Waals surface area (Å²) in [6.07, 6.45) is 6.25. The topological polar surface area (TPSA) is 82.6 Å². The van der Waals surface area contributed by atoms with Gasteiger partial charge in [-0.2, -0.15) is 0 Å². The highest BCUT2D eigenvalue weighted by Gasteiger charge is 2.32. The van der Waals surface area contributed by atoms with Crippen molar-refractivity contribution in [3.63, 3.8) is 0 Å². The fourth-order valence-electron chi connectivity index (χ4n) is 3.61. The monoisotopic (exact) mass is 409 g/mol. The molecule has 0 amide bonds. The summed E-state index contributed by atoms with van der Waals surface area (Å²) >= 11 is 0. The van der Waals surface area contributed by atoms with E-state index >= 15 is 0 Å². The molecule has 1 aliphatic carbocycles. The molecule has 1 N–H and O–H groups in total. The number of aromatic nitrogens is 2. The summed E-state index contributed by atoms with van der Waals surface area (Å²) in [6, 6.07) is 5.18. The molecule has 1 saturated carbocycles. The van der Waals surface area contributed by atoms with E-state index in [1.807, 2.05) is 18.2 Å². The summed E-state index contributed by atoms with van der Waals surface area (Å²) in [6.45, 7) is 0.534. The van der Waals surface area contributed by atoms with Crippen LogP contribution < -0.4 is 14.8 Å². The van der Waals surface area contributed by atoms with Crippen LogP contribution in [0.15, 0.2) is 18.2 Å². The first kappa shape index (κ1) is 20.4. The SMILES string of the molecule is COC(=O)C1C[C@@H](Oc2nc3cc(OC)ccc3nc2C#CCCCC2CC2)CN1. The van der Waals surface area contributed by atoms with Crippen molar-refractivity contribution in [2.45, 2.75) is 50.7 Å². The van der Waals surface area contributed by atoms with E-state index in [1.165, 1.54) is 26.4 Å². The first-order valence-corrected chi connectivity index (χ1v) is 10.5. The van der Waals surface area contributed by atoms with Gasteiger partial charge in [0.1, 0.15) is 17.9 Å². The van der Waals surface area contributed by atoms with Gasteiger partial charge in [-0.05, 0) is 36.8 Å². The van der Waals surface area contributed by atoms with E-state index in [0.29, 0.717) is 35.8 Å². The summed E-state index contributed by atoms with van der Waals surface area (Å²) in [5.74, 6) is 8.11. The van der Waals surface area contributed by atoms with Gasteiger partial charge in [-0.15, -0.1) is 0 Å². The van der Waals surface area contributed by atoms with E-state index < -0.39 is 0 Å². The van der Waals surface area contributed by atoms with Gasteiger partial charge in [0.05, 0.1) is 25.3 Å². The Balaban J connectivity index is 1.54. The molecule has 2 aliphatic rings. The number of esters is 1. The quantitative estimate of drug-likeness (QED) is 0.428. The summed E-state index contributed by atoms with van der Waals surface area (Å²) < 4.78 is 16.2. The Morgan fingerprint density at radius 2 is 2.10 bits per heavy atom. The van der Waals surface area contributed by atoms with E-state index in [2.05, 4.69) is 27.1 Å². The first-order valence-electron chi connectivity index (χ1n) is 10.5.